The van der Waals surface area contributed by atoms with Gasteiger partial charge < -0.3 is 15.2 Å². The van der Waals surface area contributed by atoms with Crippen LogP contribution < -0.4 is 5.73 Å². The summed E-state index contributed by atoms with van der Waals surface area (Å²) in [5, 5.41) is 0. The number of unbranched alkanes of at least 4 members (excludes halogenated alkanes) is 1. The van der Waals surface area contributed by atoms with Crippen molar-refractivity contribution in [2.24, 2.45) is 29.1 Å². The van der Waals surface area contributed by atoms with E-state index in [1.54, 1.807) is 12.3 Å². The molecule has 3 aliphatic heterocycles. The Morgan fingerprint density at radius 2 is 1.80 bits per heavy atom. The molecule has 49 heavy (non-hydrogen) atoms. The Bertz CT molecular complexity index is 1760. The van der Waals surface area contributed by atoms with Gasteiger partial charge in [0.05, 0.1) is 11.0 Å². The molecule has 5 atom stereocenters. The van der Waals surface area contributed by atoms with Crippen LogP contribution in [0.4, 0.5) is 5.82 Å². The number of fused-ring (bicyclic) bond motifs is 1. The summed E-state index contributed by atoms with van der Waals surface area (Å²) in [6, 6.07) is 3.65. The number of cyclic esters (lactones) is 2. The minimum Gasteiger partial charge on any atom is -0.427 e. The molecule has 1 aromatic rings. The van der Waals surface area contributed by atoms with Gasteiger partial charge in [-0.15, -0.1) is 0 Å². The van der Waals surface area contributed by atoms with Gasteiger partial charge in [-0.05, 0) is 98.1 Å². The van der Waals surface area contributed by atoms with Gasteiger partial charge in [-0.3, -0.25) is 14.5 Å². The maximum absolute atomic E-state index is 14.4. The number of nitrogen functional groups attached to an aromatic ring is 1. The van der Waals surface area contributed by atoms with Crippen molar-refractivity contribution in [3.05, 3.63) is 82.0 Å². The highest BCUT2D eigenvalue weighted by atomic mass is 16.5. The molecule has 2 saturated carbocycles. The van der Waals surface area contributed by atoms with Crippen molar-refractivity contribution in [1.29, 1.82) is 0 Å². The summed E-state index contributed by atoms with van der Waals surface area (Å²) < 4.78 is 12.4. The standard InChI is InChI=1S/C40H45N3O6/c1-2-3-11-29-27-14-13-26-25-17-19-40(36(26)35(27)38(46)48-29)30(12-7-10-23-8-5-4-6-9-23)49-39(47)37(40)34(25)28(24-18-20-42-31(41)21-24)22-43-32(44)15-16-33(43)45/h11-12,15-16,18,20-21,23,25-26,28,36H,2-10,13-14,17,19,22H2,1H3,(H2,41,42)/t25-,26+,28-,36+,40-/m1/s1. The summed E-state index contributed by atoms with van der Waals surface area (Å²) in [6.45, 7) is 2.18. The zero-order valence-corrected chi connectivity index (χ0v) is 28.2. The van der Waals surface area contributed by atoms with Crippen LogP contribution in [0, 0.1) is 29.1 Å². The second-order valence-corrected chi connectivity index (χ2v) is 15.0. The lowest BCUT2D eigenvalue weighted by molar-refractivity contribution is -0.137. The van der Waals surface area contributed by atoms with Gasteiger partial charge in [0.2, 0.25) is 0 Å². The van der Waals surface area contributed by atoms with Crippen molar-refractivity contribution in [3.63, 3.8) is 0 Å². The number of hydrogen-bond acceptors (Lipinski definition) is 8. The monoisotopic (exact) mass is 663 g/mol. The predicted molar refractivity (Wildman–Crippen MR) is 182 cm³/mol. The van der Waals surface area contributed by atoms with E-state index >= 15 is 0 Å². The summed E-state index contributed by atoms with van der Waals surface area (Å²) in [7, 11) is 0. The fourth-order valence-corrected chi connectivity index (χ4v) is 10.5. The number of hydrogen-bond donors (Lipinski definition) is 1. The lowest BCUT2D eigenvalue weighted by Gasteiger charge is -2.57. The lowest BCUT2D eigenvalue weighted by Crippen LogP contribution is -2.53. The summed E-state index contributed by atoms with van der Waals surface area (Å²) in [4.78, 5) is 59.7. The van der Waals surface area contributed by atoms with Gasteiger partial charge in [0.15, 0.2) is 0 Å². The van der Waals surface area contributed by atoms with Crippen LogP contribution in [0.3, 0.4) is 0 Å². The molecule has 1 spiro atoms. The SMILES string of the molecule is CCCC=C1OC(=O)C2=C1CC[C@@H]1[C@@H]2[C@]23CC[C@H]1C([C@H](CN1C(=O)C=CC1=O)c1ccnc(N)c1)=C2C(=O)OC3=CCCC1CCCCC1. The van der Waals surface area contributed by atoms with Gasteiger partial charge >= 0.3 is 11.9 Å². The molecule has 1 aromatic heterocycles. The number of nitrogens with zero attached hydrogens (tertiary/aromatic N) is 2. The van der Waals surface area contributed by atoms with Crippen LogP contribution in [-0.4, -0.2) is 40.2 Å². The van der Waals surface area contributed by atoms with Crippen molar-refractivity contribution in [2.45, 2.75) is 96.3 Å². The molecule has 4 heterocycles. The lowest BCUT2D eigenvalue weighted by atomic mass is 9.43. The van der Waals surface area contributed by atoms with Crippen molar-refractivity contribution >= 4 is 29.6 Å². The zero-order chi connectivity index (χ0) is 33.9. The molecule has 1 saturated heterocycles. The van der Waals surface area contributed by atoms with Crippen LogP contribution in [-0.2, 0) is 28.7 Å². The van der Waals surface area contributed by atoms with E-state index in [1.807, 2.05) is 12.1 Å². The molecule has 5 aliphatic carbocycles. The van der Waals surface area contributed by atoms with Crippen LogP contribution in [0.15, 0.2) is 76.4 Å². The Morgan fingerprint density at radius 1 is 1.00 bits per heavy atom. The summed E-state index contributed by atoms with van der Waals surface area (Å²) in [5.41, 5.74) is 9.41. The quantitative estimate of drug-likeness (QED) is 0.227. The van der Waals surface area contributed by atoms with E-state index < -0.39 is 11.3 Å². The van der Waals surface area contributed by atoms with Crippen molar-refractivity contribution in [2.75, 3.05) is 12.3 Å². The number of esters is 2. The molecule has 256 valence electrons. The molecule has 2 N–H and O–H groups in total. The first-order valence-electron chi connectivity index (χ1n) is 18.4. The minimum atomic E-state index is -0.827. The molecular formula is C40H45N3O6. The number of ether oxygens (including phenoxy) is 2. The Balaban J connectivity index is 1.30. The number of rotatable bonds is 9. The first-order chi connectivity index (χ1) is 23.8. The van der Waals surface area contributed by atoms with E-state index in [-0.39, 0.29) is 48.1 Å². The number of carbonyl (C=O) groups excluding carboxylic acids is 4. The Kier molecular flexibility index (Phi) is 8.19. The molecule has 3 fully saturated rings. The number of amides is 2. The maximum atomic E-state index is 14.4. The largest absolute Gasteiger partial charge is 0.427 e. The van der Waals surface area contributed by atoms with E-state index in [4.69, 9.17) is 15.2 Å². The van der Waals surface area contributed by atoms with Crippen LogP contribution >= 0.6 is 0 Å². The van der Waals surface area contributed by atoms with Gasteiger partial charge in [-0.1, -0.05) is 45.4 Å². The Hall–Kier alpha value is -4.27. The number of nitrogens with two attached hydrogens (primary N) is 1. The Morgan fingerprint density at radius 3 is 2.55 bits per heavy atom. The van der Waals surface area contributed by atoms with E-state index in [9.17, 15) is 19.2 Å². The van der Waals surface area contributed by atoms with Crippen LogP contribution in [0.1, 0.15) is 102 Å². The molecule has 2 bridgehead atoms. The average molecular weight is 664 g/mol. The molecule has 2 amide bonds. The predicted octanol–water partition coefficient (Wildman–Crippen LogP) is 6.74. The number of imide groups is 1. The van der Waals surface area contributed by atoms with E-state index in [2.05, 4.69) is 18.0 Å². The summed E-state index contributed by atoms with van der Waals surface area (Å²) in [5.74, 6) is 0.190. The third-order valence-electron chi connectivity index (χ3n) is 12.5. The molecule has 8 aliphatic rings. The van der Waals surface area contributed by atoms with Gasteiger partial charge in [-0.2, -0.15) is 0 Å². The van der Waals surface area contributed by atoms with Crippen molar-refractivity contribution in [3.8, 4) is 0 Å². The zero-order valence-electron chi connectivity index (χ0n) is 28.2. The molecule has 0 unspecified atom stereocenters. The second kappa shape index (κ2) is 12.6. The fraction of sp³-hybridized carbons (Fsp3) is 0.525. The van der Waals surface area contributed by atoms with E-state index in [0.717, 1.165) is 67.2 Å². The van der Waals surface area contributed by atoms with Gasteiger partial charge in [0.1, 0.15) is 17.3 Å². The molecular weight excluding hydrogens is 618 g/mol. The maximum Gasteiger partial charge on any atom is 0.340 e. The number of pyridine rings is 1. The number of carbonyl (C=O) groups is 4. The summed E-state index contributed by atoms with van der Waals surface area (Å²) >= 11 is 0. The number of aromatic nitrogens is 1. The smallest absolute Gasteiger partial charge is 0.340 e. The van der Waals surface area contributed by atoms with E-state index in [1.165, 1.54) is 49.2 Å². The van der Waals surface area contributed by atoms with E-state index in [0.29, 0.717) is 35.2 Å². The second-order valence-electron chi connectivity index (χ2n) is 15.0. The molecule has 9 rings (SSSR count). The Labute approximate surface area is 287 Å². The van der Waals surface area contributed by atoms with Gasteiger partial charge in [0.25, 0.3) is 11.8 Å². The molecule has 0 radical (unpaired) electrons. The minimum absolute atomic E-state index is 0.0540. The molecule has 9 heteroatoms. The van der Waals surface area contributed by atoms with Crippen LogP contribution in [0.5, 0.6) is 0 Å². The average Bonchev–Trinajstić information content (AvgIpc) is 3.72. The van der Waals surface area contributed by atoms with Crippen molar-refractivity contribution in [1.82, 2.24) is 9.88 Å². The molecule has 9 nitrogen and oxygen atoms in total. The van der Waals surface area contributed by atoms with Gasteiger partial charge in [-0.25, -0.2) is 14.6 Å². The first kappa shape index (κ1) is 32.0. The normalized spacial score (nSPS) is 31.5. The third-order valence-corrected chi connectivity index (χ3v) is 12.5. The highest BCUT2D eigenvalue weighted by molar-refractivity contribution is 6.13. The molecule has 0 aromatic carbocycles. The van der Waals surface area contributed by atoms with Crippen LogP contribution in [0.2, 0.25) is 0 Å². The highest BCUT2D eigenvalue weighted by Gasteiger charge is 2.69. The first-order valence-corrected chi connectivity index (χ1v) is 18.4. The van der Waals surface area contributed by atoms with Crippen LogP contribution in [0.25, 0.3) is 0 Å². The number of anilines is 1. The van der Waals surface area contributed by atoms with Gasteiger partial charge in [0, 0.05) is 47.9 Å². The highest BCUT2D eigenvalue weighted by Crippen LogP contribution is 2.71. The number of allylic oxidation sites excluding steroid dienone is 4. The summed E-state index contributed by atoms with van der Waals surface area (Å²) in [6.07, 6.45) is 21.4. The van der Waals surface area contributed by atoms with Crippen molar-refractivity contribution < 1.29 is 28.7 Å². The topological polar surface area (TPSA) is 129 Å². The fourth-order valence-electron chi connectivity index (χ4n) is 10.5. The third kappa shape index (κ3) is 5.14.